The van der Waals surface area contributed by atoms with Gasteiger partial charge in [0, 0.05) is 5.57 Å². The minimum Gasteiger partial charge on any atom is -0.453 e. The van der Waals surface area contributed by atoms with Crippen LogP contribution in [0.3, 0.4) is 0 Å². The molecule has 102 valence electrons. The molecule has 0 aromatic rings. The molecule has 2 saturated heterocycles. The monoisotopic (exact) mass is 254 g/mol. The number of esters is 1. The van der Waals surface area contributed by atoms with E-state index in [2.05, 4.69) is 13.5 Å². The fraction of sp³-hybridized carbons (Fsp3) is 0.786. The quantitative estimate of drug-likeness (QED) is 0.288. The van der Waals surface area contributed by atoms with Gasteiger partial charge in [-0.25, -0.2) is 4.79 Å². The highest BCUT2D eigenvalue weighted by Gasteiger charge is 2.53. The first-order valence-corrected chi connectivity index (χ1v) is 6.77. The Morgan fingerprint density at radius 3 is 2.78 bits per heavy atom. The van der Waals surface area contributed by atoms with Gasteiger partial charge >= 0.3 is 5.97 Å². The van der Waals surface area contributed by atoms with Crippen molar-refractivity contribution in [3.05, 3.63) is 12.2 Å². The van der Waals surface area contributed by atoms with E-state index in [0.717, 1.165) is 6.42 Å². The zero-order valence-corrected chi connectivity index (χ0v) is 11.2. The molecule has 0 saturated carbocycles. The van der Waals surface area contributed by atoms with E-state index in [1.165, 1.54) is 19.3 Å². The van der Waals surface area contributed by atoms with Gasteiger partial charge in [-0.15, -0.1) is 0 Å². The molecule has 2 aliphatic rings. The Morgan fingerprint density at radius 1 is 1.50 bits per heavy atom. The first-order chi connectivity index (χ1) is 8.63. The third-order valence-corrected chi connectivity index (χ3v) is 3.35. The molecule has 0 spiro atoms. The molecule has 0 radical (unpaired) electrons. The molecule has 0 aromatic heterocycles. The van der Waals surface area contributed by atoms with Crippen molar-refractivity contribution in [3.8, 4) is 0 Å². The van der Waals surface area contributed by atoms with Gasteiger partial charge in [0.25, 0.3) is 0 Å². The lowest BCUT2D eigenvalue weighted by Crippen LogP contribution is -2.30. The highest BCUT2D eigenvalue weighted by Crippen LogP contribution is 2.36. The maximum Gasteiger partial charge on any atom is 0.333 e. The Kier molecular flexibility index (Phi) is 4.40. The van der Waals surface area contributed by atoms with Crippen LogP contribution in [0.5, 0.6) is 0 Å². The SMILES string of the molecule is C=C(C)C(=O)OC(C1CO1)C1OC1CCCCC. The summed E-state index contributed by atoms with van der Waals surface area (Å²) in [5.74, 6) is -0.349. The van der Waals surface area contributed by atoms with Gasteiger partial charge in [0.05, 0.1) is 12.7 Å². The van der Waals surface area contributed by atoms with E-state index >= 15 is 0 Å². The summed E-state index contributed by atoms with van der Waals surface area (Å²) in [7, 11) is 0. The average Bonchev–Trinajstić information content (AvgIpc) is 3.21. The fourth-order valence-corrected chi connectivity index (χ4v) is 2.10. The largest absolute Gasteiger partial charge is 0.453 e. The van der Waals surface area contributed by atoms with Crippen molar-refractivity contribution < 1.29 is 19.0 Å². The standard InChI is InChI=1S/C14H22O4/c1-4-5-6-7-10-12(17-10)13(11-8-16-11)18-14(15)9(2)3/h10-13H,2,4-8H2,1,3H3. The topological polar surface area (TPSA) is 51.4 Å². The number of epoxide rings is 2. The highest BCUT2D eigenvalue weighted by molar-refractivity contribution is 5.87. The molecule has 0 amide bonds. The molecule has 4 atom stereocenters. The van der Waals surface area contributed by atoms with Crippen LogP contribution in [0.25, 0.3) is 0 Å². The van der Waals surface area contributed by atoms with Crippen LogP contribution in [0.2, 0.25) is 0 Å². The second-order valence-electron chi connectivity index (χ2n) is 5.16. The molecule has 0 N–H and O–H groups in total. The number of hydrogen-bond donors (Lipinski definition) is 0. The summed E-state index contributed by atoms with van der Waals surface area (Å²) >= 11 is 0. The van der Waals surface area contributed by atoms with E-state index in [1.807, 2.05) is 0 Å². The molecular weight excluding hydrogens is 232 g/mol. The normalized spacial score (nSPS) is 30.7. The molecule has 4 nitrogen and oxygen atoms in total. The van der Waals surface area contributed by atoms with Gasteiger partial charge in [-0.05, 0) is 13.3 Å². The van der Waals surface area contributed by atoms with Crippen LogP contribution in [0.4, 0.5) is 0 Å². The summed E-state index contributed by atoms with van der Waals surface area (Å²) in [6.45, 7) is 8.09. The molecule has 0 aliphatic carbocycles. The van der Waals surface area contributed by atoms with Gasteiger partial charge in [-0.3, -0.25) is 0 Å². The maximum atomic E-state index is 11.6. The van der Waals surface area contributed by atoms with E-state index in [9.17, 15) is 4.79 Å². The van der Waals surface area contributed by atoms with Crippen LogP contribution in [-0.4, -0.2) is 37.0 Å². The summed E-state index contributed by atoms with van der Waals surface area (Å²) < 4.78 is 16.3. The smallest absolute Gasteiger partial charge is 0.333 e. The molecule has 4 unspecified atom stereocenters. The van der Waals surface area contributed by atoms with E-state index in [4.69, 9.17) is 14.2 Å². The maximum absolute atomic E-state index is 11.6. The molecule has 0 aromatic carbocycles. The Bertz CT molecular complexity index is 322. The molecule has 2 rings (SSSR count). The zero-order chi connectivity index (χ0) is 13.1. The van der Waals surface area contributed by atoms with Gasteiger partial charge in [0.15, 0.2) is 6.10 Å². The number of carbonyl (C=O) groups excluding carboxylic acids is 1. The van der Waals surface area contributed by atoms with Crippen LogP contribution in [0, 0.1) is 0 Å². The zero-order valence-electron chi connectivity index (χ0n) is 11.2. The van der Waals surface area contributed by atoms with Crippen molar-refractivity contribution in [2.24, 2.45) is 0 Å². The number of carbonyl (C=O) groups is 1. The molecule has 2 heterocycles. The number of ether oxygens (including phenoxy) is 3. The van der Waals surface area contributed by atoms with Crippen LogP contribution >= 0.6 is 0 Å². The first kappa shape index (κ1) is 13.6. The molecular formula is C14H22O4. The minimum absolute atomic E-state index is 0.0227. The Labute approximate surface area is 108 Å². The summed E-state index contributed by atoms with van der Waals surface area (Å²) in [4.78, 5) is 11.6. The van der Waals surface area contributed by atoms with Crippen LogP contribution in [0.15, 0.2) is 12.2 Å². The predicted octanol–water partition coefficient (Wildman–Crippen LogP) is 2.22. The van der Waals surface area contributed by atoms with Crippen molar-refractivity contribution in [1.29, 1.82) is 0 Å². The van der Waals surface area contributed by atoms with Gasteiger partial charge in [-0.1, -0.05) is 32.8 Å². The van der Waals surface area contributed by atoms with E-state index in [0.29, 0.717) is 12.2 Å². The Hall–Kier alpha value is -0.870. The second-order valence-corrected chi connectivity index (χ2v) is 5.16. The molecule has 2 fully saturated rings. The molecule has 18 heavy (non-hydrogen) atoms. The predicted molar refractivity (Wildman–Crippen MR) is 67.2 cm³/mol. The van der Waals surface area contributed by atoms with Crippen LogP contribution in [0.1, 0.15) is 39.5 Å². The van der Waals surface area contributed by atoms with Crippen molar-refractivity contribution >= 4 is 5.97 Å². The highest BCUT2D eigenvalue weighted by atomic mass is 16.7. The average molecular weight is 254 g/mol. The van der Waals surface area contributed by atoms with Gasteiger partial charge in [0.1, 0.15) is 12.2 Å². The summed E-state index contributed by atoms with van der Waals surface area (Å²) in [6, 6.07) is 0. The first-order valence-electron chi connectivity index (χ1n) is 6.77. The lowest BCUT2D eigenvalue weighted by Gasteiger charge is -2.13. The Morgan fingerprint density at radius 2 is 2.22 bits per heavy atom. The van der Waals surface area contributed by atoms with Crippen LogP contribution in [-0.2, 0) is 19.0 Å². The molecule has 2 aliphatic heterocycles. The number of hydrogen-bond acceptors (Lipinski definition) is 4. The summed E-state index contributed by atoms with van der Waals surface area (Å²) in [5.41, 5.74) is 0.420. The van der Waals surface area contributed by atoms with Crippen LogP contribution < -0.4 is 0 Å². The van der Waals surface area contributed by atoms with E-state index in [1.54, 1.807) is 6.92 Å². The fourth-order valence-electron chi connectivity index (χ4n) is 2.10. The number of unbranched alkanes of at least 4 members (excludes halogenated alkanes) is 2. The number of rotatable bonds is 8. The summed E-state index contributed by atoms with van der Waals surface area (Å²) in [6.07, 6.45) is 4.69. The third kappa shape index (κ3) is 3.56. The van der Waals surface area contributed by atoms with Gasteiger partial charge in [-0.2, -0.15) is 0 Å². The third-order valence-electron chi connectivity index (χ3n) is 3.35. The molecule has 4 heteroatoms. The lowest BCUT2D eigenvalue weighted by atomic mass is 10.1. The minimum atomic E-state index is -0.349. The van der Waals surface area contributed by atoms with Gasteiger partial charge in [0.2, 0.25) is 0 Å². The van der Waals surface area contributed by atoms with Crippen molar-refractivity contribution in [1.82, 2.24) is 0 Å². The second kappa shape index (κ2) is 5.85. The van der Waals surface area contributed by atoms with Gasteiger partial charge < -0.3 is 14.2 Å². The van der Waals surface area contributed by atoms with E-state index in [-0.39, 0.29) is 30.4 Å². The van der Waals surface area contributed by atoms with Crippen molar-refractivity contribution in [2.75, 3.05) is 6.61 Å². The van der Waals surface area contributed by atoms with Crippen molar-refractivity contribution in [2.45, 2.75) is 63.9 Å². The van der Waals surface area contributed by atoms with E-state index < -0.39 is 0 Å². The summed E-state index contributed by atoms with van der Waals surface area (Å²) in [5, 5.41) is 0. The Balaban J connectivity index is 1.77. The van der Waals surface area contributed by atoms with Crippen molar-refractivity contribution in [3.63, 3.8) is 0 Å². The molecule has 0 bridgehead atoms. The lowest BCUT2D eigenvalue weighted by molar-refractivity contribution is -0.146.